The van der Waals surface area contributed by atoms with Gasteiger partial charge in [-0.15, -0.1) is 0 Å². The minimum Gasteiger partial charge on any atom is -0.233 e. The molecule has 3 aromatic rings. The SMILES string of the molecule is c1ccc(-n2ncc3cc4c(cc32)CCC4)cc1. The Morgan fingerprint density at radius 3 is 2.56 bits per heavy atom. The Balaban J connectivity index is 1.98. The maximum Gasteiger partial charge on any atom is 0.0744 e. The van der Waals surface area contributed by atoms with Gasteiger partial charge in [-0.05, 0) is 54.7 Å². The van der Waals surface area contributed by atoms with Gasteiger partial charge in [0, 0.05) is 5.39 Å². The monoisotopic (exact) mass is 234 g/mol. The molecule has 2 heteroatoms. The molecule has 0 fully saturated rings. The second-order valence-electron chi connectivity index (χ2n) is 4.93. The Hall–Kier alpha value is -2.09. The molecule has 88 valence electrons. The fraction of sp³-hybridized carbons (Fsp3) is 0.188. The van der Waals surface area contributed by atoms with Crippen LogP contribution in [-0.2, 0) is 12.8 Å². The molecule has 1 heterocycles. The highest BCUT2D eigenvalue weighted by Crippen LogP contribution is 2.28. The summed E-state index contributed by atoms with van der Waals surface area (Å²) in [6.07, 6.45) is 5.70. The van der Waals surface area contributed by atoms with E-state index >= 15 is 0 Å². The van der Waals surface area contributed by atoms with Gasteiger partial charge in [-0.2, -0.15) is 5.10 Å². The number of para-hydroxylation sites is 1. The van der Waals surface area contributed by atoms with Crippen LogP contribution in [0.4, 0.5) is 0 Å². The lowest BCUT2D eigenvalue weighted by Crippen LogP contribution is -1.95. The summed E-state index contributed by atoms with van der Waals surface area (Å²) >= 11 is 0. The predicted octanol–water partition coefficient (Wildman–Crippen LogP) is 3.51. The number of rotatable bonds is 1. The molecular formula is C16H14N2. The van der Waals surface area contributed by atoms with Crippen LogP contribution in [0.25, 0.3) is 16.6 Å². The topological polar surface area (TPSA) is 17.8 Å². The van der Waals surface area contributed by atoms with Crippen molar-refractivity contribution in [1.82, 2.24) is 9.78 Å². The van der Waals surface area contributed by atoms with E-state index in [0.29, 0.717) is 0 Å². The highest BCUT2D eigenvalue weighted by Gasteiger charge is 2.14. The van der Waals surface area contributed by atoms with Crippen molar-refractivity contribution in [3.05, 3.63) is 59.8 Å². The van der Waals surface area contributed by atoms with Gasteiger partial charge in [-0.3, -0.25) is 0 Å². The van der Waals surface area contributed by atoms with Gasteiger partial charge in [0.05, 0.1) is 17.4 Å². The molecule has 0 saturated heterocycles. The molecule has 2 aromatic carbocycles. The van der Waals surface area contributed by atoms with Crippen molar-refractivity contribution < 1.29 is 0 Å². The number of fused-ring (bicyclic) bond motifs is 2. The summed E-state index contributed by atoms with van der Waals surface area (Å²) in [5.74, 6) is 0. The fourth-order valence-corrected chi connectivity index (χ4v) is 2.87. The summed E-state index contributed by atoms with van der Waals surface area (Å²) in [5, 5.41) is 5.77. The molecule has 4 rings (SSSR count). The van der Waals surface area contributed by atoms with Crippen molar-refractivity contribution >= 4 is 10.9 Å². The van der Waals surface area contributed by atoms with E-state index in [1.165, 1.54) is 41.3 Å². The lowest BCUT2D eigenvalue weighted by molar-refractivity contribution is 0.903. The van der Waals surface area contributed by atoms with Gasteiger partial charge in [0.15, 0.2) is 0 Å². The average Bonchev–Trinajstić information content (AvgIpc) is 3.02. The van der Waals surface area contributed by atoms with Crippen molar-refractivity contribution in [2.24, 2.45) is 0 Å². The summed E-state index contributed by atoms with van der Waals surface area (Å²) in [6.45, 7) is 0. The van der Waals surface area contributed by atoms with Gasteiger partial charge < -0.3 is 0 Å². The first kappa shape index (κ1) is 9.89. The van der Waals surface area contributed by atoms with Gasteiger partial charge in [0.25, 0.3) is 0 Å². The van der Waals surface area contributed by atoms with E-state index in [1.54, 1.807) is 0 Å². The molecule has 0 N–H and O–H groups in total. The molecule has 1 aliphatic carbocycles. The zero-order valence-corrected chi connectivity index (χ0v) is 10.1. The average molecular weight is 234 g/mol. The first-order chi connectivity index (χ1) is 8.92. The number of hydrogen-bond donors (Lipinski definition) is 0. The van der Waals surface area contributed by atoms with Gasteiger partial charge >= 0.3 is 0 Å². The minimum absolute atomic E-state index is 1.13. The molecule has 2 nitrogen and oxygen atoms in total. The molecular weight excluding hydrogens is 220 g/mol. The number of aryl methyl sites for hydroxylation is 2. The zero-order valence-electron chi connectivity index (χ0n) is 10.1. The van der Waals surface area contributed by atoms with Crippen LogP contribution in [0.3, 0.4) is 0 Å². The van der Waals surface area contributed by atoms with Crippen LogP contribution in [0.2, 0.25) is 0 Å². The summed E-state index contributed by atoms with van der Waals surface area (Å²) in [5.41, 5.74) is 5.36. The number of aromatic nitrogens is 2. The second kappa shape index (κ2) is 3.70. The van der Waals surface area contributed by atoms with Crippen LogP contribution in [0.15, 0.2) is 48.7 Å². The third-order valence-corrected chi connectivity index (χ3v) is 3.78. The standard InChI is InChI=1S/C16H14N2/c1-2-7-15(8-3-1)18-16-10-13-6-4-5-12(13)9-14(16)11-17-18/h1-3,7-11H,4-6H2. The van der Waals surface area contributed by atoms with Gasteiger partial charge in [-0.1, -0.05) is 18.2 Å². The van der Waals surface area contributed by atoms with Crippen molar-refractivity contribution in [2.75, 3.05) is 0 Å². The smallest absolute Gasteiger partial charge is 0.0744 e. The molecule has 0 saturated carbocycles. The molecule has 0 spiro atoms. The molecule has 0 bridgehead atoms. The van der Waals surface area contributed by atoms with Crippen molar-refractivity contribution in [3.63, 3.8) is 0 Å². The van der Waals surface area contributed by atoms with Crippen LogP contribution in [0.5, 0.6) is 0 Å². The van der Waals surface area contributed by atoms with Crippen LogP contribution in [-0.4, -0.2) is 9.78 Å². The van der Waals surface area contributed by atoms with Crippen LogP contribution < -0.4 is 0 Å². The first-order valence-corrected chi connectivity index (χ1v) is 6.47. The van der Waals surface area contributed by atoms with Gasteiger partial charge in [0.2, 0.25) is 0 Å². The molecule has 18 heavy (non-hydrogen) atoms. The number of benzene rings is 2. The highest BCUT2D eigenvalue weighted by atomic mass is 15.3. The van der Waals surface area contributed by atoms with Crippen molar-refractivity contribution in [2.45, 2.75) is 19.3 Å². The van der Waals surface area contributed by atoms with Crippen molar-refractivity contribution in [1.29, 1.82) is 0 Å². The van der Waals surface area contributed by atoms with E-state index in [2.05, 4.69) is 41.5 Å². The van der Waals surface area contributed by atoms with Gasteiger partial charge in [-0.25, -0.2) is 4.68 Å². The van der Waals surface area contributed by atoms with Crippen LogP contribution in [0.1, 0.15) is 17.5 Å². The first-order valence-electron chi connectivity index (χ1n) is 6.47. The highest BCUT2D eigenvalue weighted by molar-refractivity contribution is 5.82. The minimum atomic E-state index is 1.13. The summed E-state index contributed by atoms with van der Waals surface area (Å²) < 4.78 is 2.04. The second-order valence-corrected chi connectivity index (χ2v) is 4.93. The summed E-state index contributed by atoms with van der Waals surface area (Å²) in [7, 11) is 0. The summed E-state index contributed by atoms with van der Waals surface area (Å²) in [6, 6.07) is 15.0. The quantitative estimate of drug-likeness (QED) is 0.630. The Bertz CT molecular complexity index is 711. The number of nitrogens with zero attached hydrogens (tertiary/aromatic N) is 2. The lowest BCUT2D eigenvalue weighted by atomic mass is 10.1. The molecule has 0 amide bonds. The maximum atomic E-state index is 4.52. The number of hydrogen-bond acceptors (Lipinski definition) is 1. The van der Waals surface area contributed by atoms with Gasteiger partial charge in [0.1, 0.15) is 0 Å². The van der Waals surface area contributed by atoms with E-state index < -0.39 is 0 Å². The van der Waals surface area contributed by atoms with E-state index in [-0.39, 0.29) is 0 Å². The van der Waals surface area contributed by atoms with E-state index in [4.69, 9.17) is 0 Å². The molecule has 1 aromatic heterocycles. The third-order valence-electron chi connectivity index (χ3n) is 3.78. The molecule has 1 aliphatic rings. The molecule has 0 aliphatic heterocycles. The molecule has 0 radical (unpaired) electrons. The zero-order chi connectivity index (χ0) is 11.9. The van der Waals surface area contributed by atoms with E-state index in [0.717, 1.165) is 5.69 Å². The third kappa shape index (κ3) is 1.39. The van der Waals surface area contributed by atoms with Crippen LogP contribution >= 0.6 is 0 Å². The fourth-order valence-electron chi connectivity index (χ4n) is 2.87. The molecule has 0 atom stereocenters. The Labute approximate surface area is 106 Å². The Kier molecular flexibility index (Phi) is 2.04. The summed E-state index contributed by atoms with van der Waals surface area (Å²) in [4.78, 5) is 0. The predicted molar refractivity (Wildman–Crippen MR) is 73.1 cm³/mol. The van der Waals surface area contributed by atoms with Crippen molar-refractivity contribution in [3.8, 4) is 5.69 Å². The van der Waals surface area contributed by atoms with E-state index in [1.807, 2.05) is 16.9 Å². The normalized spacial score (nSPS) is 14.0. The largest absolute Gasteiger partial charge is 0.233 e. The van der Waals surface area contributed by atoms with Crippen LogP contribution in [0, 0.1) is 0 Å². The maximum absolute atomic E-state index is 4.52. The molecule has 0 unspecified atom stereocenters. The Morgan fingerprint density at radius 1 is 0.944 bits per heavy atom. The lowest BCUT2D eigenvalue weighted by Gasteiger charge is -2.05. The Morgan fingerprint density at radius 2 is 1.72 bits per heavy atom. The van der Waals surface area contributed by atoms with E-state index in [9.17, 15) is 0 Å².